The van der Waals surface area contributed by atoms with E-state index in [0.29, 0.717) is 18.9 Å². The van der Waals surface area contributed by atoms with E-state index >= 15 is 0 Å². The third-order valence-corrected chi connectivity index (χ3v) is 4.72. The summed E-state index contributed by atoms with van der Waals surface area (Å²) in [6.07, 6.45) is 1.78. The molecule has 0 spiro atoms. The van der Waals surface area contributed by atoms with Gasteiger partial charge >= 0.3 is 0 Å². The number of rotatable bonds is 4. The molecule has 1 aliphatic rings. The van der Waals surface area contributed by atoms with E-state index in [1.54, 1.807) is 18.2 Å². The van der Waals surface area contributed by atoms with Gasteiger partial charge in [0.2, 0.25) is 0 Å². The molecule has 1 saturated heterocycles. The van der Waals surface area contributed by atoms with Crippen LogP contribution >= 0.6 is 0 Å². The Labute approximate surface area is 120 Å². The van der Waals surface area contributed by atoms with E-state index in [4.69, 9.17) is 9.57 Å². The molecular formula is C14H21NO4S. The highest BCUT2D eigenvalue weighted by Gasteiger charge is 2.27. The average Bonchev–Trinajstić information content (AvgIpc) is 2.41. The number of sulfonamides is 1. The van der Waals surface area contributed by atoms with E-state index in [0.717, 1.165) is 22.9 Å². The van der Waals surface area contributed by atoms with Gasteiger partial charge in [0.1, 0.15) is 5.75 Å². The van der Waals surface area contributed by atoms with E-state index < -0.39 is 10.0 Å². The first kappa shape index (κ1) is 15.3. The zero-order valence-corrected chi connectivity index (χ0v) is 12.9. The minimum Gasteiger partial charge on any atom is -0.491 e. The molecule has 0 atom stereocenters. The maximum absolute atomic E-state index is 12.4. The quantitative estimate of drug-likeness (QED) is 0.857. The van der Waals surface area contributed by atoms with Gasteiger partial charge in [-0.25, -0.2) is 8.42 Å². The first-order valence-electron chi connectivity index (χ1n) is 6.84. The smallest absolute Gasteiger partial charge is 0.265 e. The number of hydrogen-bond acceptors (Lipinski definition) is 4. The van der Waals surface area contributed by atoms with Gasteiger partial charge in [0.05, 0.1) is 17.6 Å². The Bertz CT molecular complexity index is 563. The predicted molar refractivity (Wildman–Crippen MR) is 76.0 cm³/mol. The Kier molecular flexibility index (Phi) is 4.67. The Balaban J connectivity index is 2.26. The molecule has 5 nitrogen and oxygen atoms in total. The molecule has 112 valence electrons. The van der Waals surface area contributed by atoms with Crippen LogP contribution in [0.4, 0.5) is 0 Å². The van der Waals surface area contributed by atoms with Gasteiger partial charge in [-0.3, -0.25) is 4.84 Å². The van der Waals surface area contributed by atoms with Crippen molar-refractivity contribution in [3.05, 3.63) is 23.8 Å². The molecule has 2 rings (SSSR count). The first-order chi connectivity index (χ1) is 9.41. The fraction of sp³-hybridized carbons (Fsp3) is 0.571. The van der Waals surface area contributed by atoms with Crippen LogP contribution in [-0.4, -0.2) is 32.1 Å². The second kappa shape index (κ2) is 6.11. The zero-order chi connectivity index (χ0) is 14.8. The monoisotopic (exact) mass is 299 g/mol. The minimum absolute atomic E-state index is 0.0570. The van der Waals surface area contributed by atoms with Gasteiger partial charge in [-0.1, -0.05) is 4.47 Å². The zero-order valence-electron chi connectivity index (χ0n) is 12.1. The summed E-state index contributed by atoms with van der Waals surface area (Å²) in [5.74, 6) is 0.707. The van der Waals surface area contributed by atoms with Crippen LogP contribution in [0.25, 0.3) is 0 Å². The number of hydrogen-bond donors (Lipinski definition) is 0. The van der Waals surface area contributed by atoms with Crippen LogP contribution in [0.3, 0.4) is 0 Å². The van der Waals surface area contributed by atoms with Crippen LogP contribution in [0.15, 0.2) is 23.1 Å². The van der Waals surface area contributed by atoms with Crippen molar-refractivity contribution in [1.82, 2.24) is 4.47 Å². The van der Waals surface area contributed by atoms with Gasteiger partial charge in [0.15, 0.2) is 0 Å². The molecule has 0 amide bonds. The molecule has 1 heterocycles. The molecule has 0 unspecified atom stereocenters. The number of nitrogens with zero attached hydrogens (tertiary/aromatic N) is 1. The van der Waals surface area contributed by atoms with Crippen molar-refractivity contribution in [1.29, 1.82) is 0 Å². The van der Waals surface area contributed by atoms with Gasteiger partial charge in [0, 0.05) is 6.54 Å². The normalized spacial score (nSPS) is 17.4. The summed E-state index contributed by atoms with van der Waals surface area (Å²) in [6.45, 7) is 6.57. The molecular weight excluding hydrogens is 278 g/mol. The molecule has 0 aromatic heterocycles. The highest BCUT2D eigenvalue weighted by molar-refractivity contribution is 7.89. The first-order valence-corrected chi connectivity index (χ1v) is 8.28. The van der Waals surface area contributed by atoms with Crippen LogP contribution in [0, 0.1) is 6.92 Å². The summed E-state index contributed by atoms with van der Waals surface area (Å²) < 4.78 is 31.6. The molecule has 20 heavy (non-hydrogen) atoms. The van der Waals surface area contributed by atoms with Crippen molar-refractivity contribution in [2.45, 2.75) is 44.6 Å². The molecule has 1 aromatic carbocycles. The number of benzene rings is 1. The molecule has 1 fully saturated rings. The van der Waals surface area contributed by atoms with Gasteiger partial charge in [-0.05, 0) is 57.4 Å². The van der Waals surface area contributed by atoms with Crippen molar-refractivity contribution in [2.75, 3.05) is 13.2 Å². The highest BCUT2D eigenvalue weighted by atomic mass is 32.2. The van der Waals surface area contributed by atoms with E-state index in [-0.39, 0.29) is 11.0 Å². The van der Waals surface area contributed by atoms with Crippen LogP contribution < -0.4 is 4.74 Å². The molecule has 0 bridgehead atoms. The van der Waals surface area contributed by atoms with Crippen LogP contribution in [0.2, 0.25) is 0 Å². The Hall–Kier alpha value is -1.11. The fourth-order valence-electron chi connectivity index (χ4n) is 2.05. The van der Waals surface area contributed by atoms with Crippen LogP contribution in [0.5, 0.6) is 5.75 Å². The second-order valence-corrected chi connectivity index (χ2v) is 6.99. The molecule has 0 N–H and O–H groups in total. The van der Waals surface area contributed by atoms with Gasteiger partial charge in [0.25, 0.3) is 10.0 Å². The van der Waals surface area contributed by atoms with Crippen molar-refractivity contribution in [3.63, 3.8) is 0 Å². The number of hydroxylamine groups is 1. The van der Waals surface area contributed by atoms with Crippen LogP contribution in [-0.2, 0) is 14.9 Å². The maximum atomic E-state index is 12.4. The largest absolute Gasteiger partial charge is 0.491 e. The summed E-state index contributed by atoms with van der Waals surface area (Å²) in [6, 6.07) is 4.90. The second-order valence-electron chi connectivity index (χ2n) is 5.17. The van der Waals surface area contributed by atoms with Crippen molar-refractivity contribution >= 4 is 10.0 Å². The lowest BCUT2D eigenvalue weighted by Gasteiger charge is -2.25. The molecule has 0 radical (unpaired) electrons. The van der Waals surface area contributed by atoms with E-state index in [2.05, 4.69) is 0 Å². The van der Waals surface area contributed by atoms with Gasteiger partial charge < -0.3 is 4.74 Å². The average molecular weight is 299 g/mol. The predicted octanol–water partition coefficient (Wildman–Crippen LogP) is 2.50. The maximum Gasteiger partial charge on any atom is 0.265 e. The molecule has 0 aliphatic carbocycles. The standard InChI is InChI=1S/C14H21NO4S/c1-11(2)19-14-7-6-13(10-12(14)3)20(16,17)15-8-4-5-9-18-15/h6-7,10-11H,4-5,8-9H2,1-3H3. The molecule has 1 aliphatic heterocycles. The lowest BCUT2D eigenvalue weighted by Crippen LogP contribution is -2.35. The lowest BCUT2D eigenvalue weighted by molar-refractivity contribution is -0.108. The summed E-state index contributed by atoms with van der Waals surface area (Å²) in [7, 11) is -3.57. The topological polar surface area (TPSA) is 55.8 Å². The minimum atomic E-state index is -3.57. The van der Waals surface area contributed by atoms with Crippen molar-refractivity contribution in [2.24, 2.45) is 0 Å². The van der Waals surface area contributed by atoms with Crippen molar-refractivity contribution in [3.8, 4) is 5.75 Å². The van der Waals surface area contributed by atoms with Crippen LogP contribution in [0.1, 0.15) is 32.3 Å². The Morgan fingerprint density at radius 1 is 1.30 bits per heavy atom. The Morgan fingerprint density at radius 2 is 2.05 bits per heavy atom. The van der Waals surface area contributed by atoms with Crippen molar-refractivity contribution < 1.29 is 18.0 Å². The lowest BCUT2D eigenvalue weighted by atomic mass is 10.2. The summed E-state index contributed by atoms with van der Waals surface area (Å²) in [5, 5.41) is 0. The molecule has 0 saturated carbocycles. The SMILES string of the molecule is Cc1cc(S(=O)(=O)N2CCCCO2)ccc1OC(C)C. The summed E-state index contributed by atoms with van der Waals surface area (Å²) >= 11 is 0. The number of ether oxygens (including phenoxy) is 1. The fourth-order valence-corrected chi connectivity index (χ4v) is 3.43. The van der Waals surface area contributed by atoms with Gasteiger partial charge in [-0.2, -0.15) is 0 Å². The van der Waals surface area contributed by atoms with Gasteiger partial charge in [-0.15, -0.1) is 0 Å². The van der Waals surface area contributed by atoms with E-state index in [9.17, 15) is 8.42 Å². The molecule has 1 aromatic rings. The highest BCUT2D eigenvalue weighted by Crippen LogP contribution is 2.26. The Morgan fingerprint density at radius 3 is 2.60 bits per heavy atom. The molecule has 6 heteroatoms. The third kappa shape index (κ3) is 3.31. The summed E-state index contributed by atoms with van der Waals surface area (Å²) in [5.41, 5.74) is 0.803. The van der Waals surface area contributed by atoms with E-state index in [1.807, 2.05) is 20.8 Å². The number of aryl methyl sites for hydroxylation is 1. The van der Waals surface area contributed by atoms with E-state index in [1.165, 1.54) is 0 Å². The summed E-state index contributed by atoms with van der Waals surface area (Å²) in [4.78, 5) is 5.49. The third-order valence-electron chi connectivity index (χ3n) is 3.05.